The number of rotatable bonds is 5. The quantitative estimate of drug-likeness (QED) is 0.648. The topological polar surface area (TPSA) is 90.9 Å². The summed E-state index contributed by atoms with van der Waals surface area (Å²) in [5, 5.41) is 3.86. The zero-order valence-corrected chi connectivity index (χ0v) is 13.7. The lowest BCUT2D eigenvalue weighted by Gasteiger charge is -2.03. The van der Waals surface area contributed by atoms with Gasteiger partial charge in [-0.3, -0.25) is 14.9 Å². The Labute approximate surface area is 146 Å². The number of hydrogen-bond acceptors (Lipinski definition) is 7. The van der Waals surface area contributed by atoms with Gasteiger partial charge in [-0.05, 0) is 35.2 Å². The van der Waals surface area contributed by atoms with Crippen molar-refractivity contribution in [2.75, 3.05) is 13.4 Å². The van der Waals surface area contributed by atoms with Crippen LogP contribution in [0, 0.1) is 0 Å². The monoisotopic (exact) mass is 359 g/mol. The first-order chi connectivity index (χ1) is 12.1. The average molecular weight is 359 g/mol. The van der Waals surface area contributed by atoms with E-state index in [0.29, 0.717) is 16.4 Å². The highest BCUT2D eigenvalue weighted by atomic mass is 32.1. The maximum atomic E-state index is 11.7. The van der Waals surface area contributed by atoms with E-state index in [2.05, 4.69) is 5.32 Å². The van der Waals surface area contributed by atoms with Gasteiger partial charge in [-0.15, -0.1) is 11.3 Å². The molecule has 0 unspecified atom stereocenters. The summed E-state index contributed by atoms with van der Waals surface area (Å²) >= 11 is 1.21. The number of nitrogens with one attached hydrogen (secondary N) is 1. The molecule has 1 aliphatic heterocycles. The number of esters is 1. The van der Waals surface area contributed by atoms with Gasteiger partial charge in [-0.2, -0.15) is 0 Å². The average Bonchev–Trinajstić information content (AvgIpc) is 3.28. The first-order valence-electron chi connectivity index (χ1n) is 7.24. The predicted octanol–water partition coefficient (Wildman–Crippen LogP) is 1.99. The highest BCUT2D eigenvalue weighted by Crippen LogP contribution is 2.32. The van der Waals surface area contributed by atoms with Crippen LogP contribution in [0.3, 0.4) is 0 Å². The SMILES string of the molecule is O=C(COC(=O)/C=C/c1ccc2c(c1)OCO2)NC(=O)c1cccs1. The Balaban J connectivity index is 1.46. The summed E-state index contributed by atoms with van der Waals surface area (Å²) in [5.74, 6) is -0.666. The van der Waals surface area contributed by atoms with Gasteiger partial charge in [0.25, 0.3) is 11.8 Å². The second kappa shape index (κ2) is 7.63. The summed E-state index contributed by atoms with van der Waals surface area (Å²) in [7, 11) is 0. The molecule has 8 heteroatoms. The van der Waals surface area contributed by atoms with Crippen molar-refractivity contribution >= 4 is 35.2 Å². The number of carbonyl (C=O) groups is 3. The zero-order chi connectivity index (χ0) is 17.6. The molecule has 1 aromatic heterocycles. The molecule has 3 rings (SSSR count). The first kappa shape index (κ1) is 16.7. The number of carbonyl (C=O) groups excluding carboxylic acids is 3. The smallest absolute Gasteiger partial charge is 0.331 e. The van der Waals surface area contributed by atoms with Crippen LogP contribution < -0.4 is 14.8 Å². The Morgan fingerprint density at radius 1 is 1.20 bits per heavy atom. The second-order valence-corrected chi connectivity index (χ2v) is 5.86. The molecule has 25 heavy (non-hydrogen) atoms. The zero-order valence-electron chi connectivity index (χ0n) is 12.9. The molecule has 2 aromatic rings. The summed E-state index contributed by atoms with van der Waals surface area (Å²) in [6.07, 6.45) is 2.71. The van der Waals surface area contributed by atoms with Crippen molar-refractivity contribution in [1.82, 2.24) is 5.32 Å². The standard InChI is InChI=1S/C17H13NO6S/c19-15(18-17(21)14-2-1-7-25-14)9-22-16(20)6-4-11-3-5-12-13(8-11)24-10-23-12/h1-8H,9-10H2,(H,18,19,21)/b6-4+. The van der Waals surface area contributed by atoms with Crippen LogP contribution in [-0.2, 0) is 14.3 Å². The van der Waals surface area contributed by atoms with Gasteiger partial charge in [-0.1, -0.05) is 12.1 Å². The molecule has 0 bridgehead atoms. The van der Waals surface area contributed by atoms with Crippen LogP contribution in [0.1, 0.15) is 15.2 Å². The van der Waals surface area contributed by atoms with Crippen LogP contribution in [0.15, 0.2) is 41.8 Å². The van der Waals surface area contributed by atoms with Crippen LogP contribution >= 0.6 is 11.3 Å². The van der Waals surface area contributed by atoms with Gasteiger partial charge < -0.3 is 14.2 Å². The van der Waals surface area contributed by atoms with Crippen molar-refractivity contribution < 1.29 is 28.6 Å². The van der Waals surface area contributed by atoms with E-state index < -0.39 is 24.4 Å². The van der Waals surface area contributed by atoms with E-state index in [9.17, 15) is 14.4 Å². The fourth-order valence-electron chi connectivity index (χ4n) is 2.00. The van der Waals surface area contributed by atoms with Crippen molar-refractivity contribution in [1.29, 1.82) is 0 Å². The molecule has 0 atom stereocenters. The molecule has 1 aromatic carbocycles. The van der Waals surface area contributed by atoms with Gasteiger partial charge in [0.2, 0.25) is 6.79 Å². The van der Waals surface area contributed by atoms with Gasteiger partial charge in [-0.25, -0.2) is 4.79 Å². The van der Waals surface area contributed by atoms with Crippen molar-refractivity contribution in [3.63, 3.8) is 0 Å². The van der Waals surface area contributed by atoms with Crippen molar-refractivity contribution in [2.24, 2.45) is 0 Å². The lowest BCUT2D eigenvalue weighted by atomic mass is 10.2. The third kappa shape index (κ3) is 4.45. The van der Waals surface area contributed by atoms with Crippen LogP contribution in [-0.4, -0.2) is 31.2 Å². The minimum Gasteiger partial charge on any atom is -0.454 e. The van der Waals surface area contributed by atoms with E-state index in [4.69, 9.17) is 14.2 Å². The van der Waals surface area contributed by atoms with Crippen LogP contribution in [0.25, 0.3) is 6.08 Å². The van der Waals surface area contributed by atoms with Crippen LogP contribution in [0.2, 0.25) is 0 Å². The summed E-state index contributed by atoms with van der Waals surface area (Å²) in [4.78, 5) is 35.3. The first-order valence-corrected chi connectivity index (χ1v) is 8.12. The Morgan fingerprint density at radius 2 is 2.04 bits per heavy atom. The molecule has 0 spiro atoms. The number of imide groups is 1. The number of amides is 2. The molecule has 1 N–H and O–H groups in total. The fourth-order valence-corrected chi connectivity index (χ4v) is 2.62. The van der Waals surface area contributed by atoms with E-state index in [1.54, 1.807) is 35.7 Å². The maximum Gasteiger partial charge on any atom is 0.331 e. The van der Waals surface area contributed by atoms with Gasteiger partial charge in [0.15, 0.2) is 18.1 Å². The predicted molar refractivity (Wildman–Crippen MR) is 89.4 cm³/mol. The van der Waals surface area contributed by atoms with Crippen LogP contribution in [0.5, 0.6) is 11.5 Å². The Morgan fingerprint density at radius 3 is 2.84 bits per heavy atom. The van der Waals surface area contributed by atoms with Crippen LogP contribution in [0.4, 0.5) is 0 Å². The van der Waals surface area contributed by atoms with Gasteiger partial charge >= 0.3 is 5.97 Å². The number of hydrogen-bond donors (Lipinski definition) is 1. The Kier molecular flexibility index (Phi) is 5.10. The van der Waals surface area contributed by atoms with E-state index in [-0.39, 0.29) is 6.79 Å². The minimum absolute atomic E-state index is 0.170. The van der Waals surface area contributed by atoms with Crippen molar-refractivity contribution in [3.05, 3.63) is 52.2 Å². The number of thiophene rings is 1. The molecule has 7 nitrogen and oxygen atoms in total. The normalized spacial score (nSPS) is 12.2. The summed E-state index contributed by atoms with van der Waals surface area (Å²) < 4.78 is 15.2. The highest BCUT2D eigenvalue weighted by molar-refractivity contribution is 7.12. The molecule has 0 radical (unpaired) electrons. The molecule has 2 heterocycles. The lowest BCUT2D eigenvalue weighted by Crippen LogP contribution is -2.33. The molecule has 2 amide bonds. The molecule has 0 saturated heterocycles. The largest absolute Gasteiger partial charge is 0.454 e. The summed E-state index contributed by atoms with van der Waals surface area (Å²) in [6.45, 7) is -0.370. The van der Waals surface area contributed by atoms with Gasteiger partial charge in [0.05, 0.1) is 4.88 Å². The van der Waals surface area contributed by atoms with E-state index in [0.717, 1.165) is 5.56 Å². The summed E-state index contributed by atoms with van der Waals surface area (Å²) in [5.41, 5.74) is 0.721. The Hall–Kier alpha value is -3.13. The van der Waals surface area contributed by atoms with Crippen molar-refractivity contribution in [3.8, 4) is 11.5 Å². The number of fused-ring (bicyclic) bond motifs is 1. The van der Waals surface area contributed by atoms with E-state index in [1.807, 2.05) is 0 Å². The van der Waals surface area contributed by atoms with Gasteiger partial charge in [0, 0.05) is 6.08 Å². The number of ether oxygens (including phenoxy) is 3. The Bertz CT molecular complexity index is 828. The second-order valence-electron chi connectivity index (χ2n) is 4.91. The molecule has 0 saturated carbocycles. The molecule has 1 aliphatic rings. The van der Waals surface area contributed by atoms with Crippen molar-refractivity contribution in [2.45, 2.75) is 0 Å². The third-order valence-electron chi connectivity index (χ3n) is 3.15. The molecular weight excluding hydrogens is 346 g/mol. The van der Waals surface area contributed by atoms with E-state index >= 15 is 0 Å². The lowest BCUT2D eigenvalue weighted by molar-refractivity contribution is -0.143. The summed E-state index contributed by atoms with van der Waals surface area (Å²) in [6, 6.07) is 8.50. The van der Waals surface area contributed by atoms with Gasteiger partial charge in [0.1, 0.15) is 0 Å². The highest BCUT2D eigenvalue weighted by Gasteiger charge is 2.13. The molecule has 0 fully saturated rings. The minimum atomic E-state index is -0.698. The number of benzene rings is 1. The molecular formula is C17H13NO6S. The molecule has 0 aliphatic carbocycles. The van der Waals surface area contributed by atoms with E-state index in [1.165, 1.54) is 23.5 Å². The third-order valence-corrected chi connectivity index (χ3v) is 4.02. The fraction of sp³-hybridized carbons (Fsp3) is 0.118. The molecule has 128 valence electrons. The maximum absolute atomic E-state index is 11.7.